The van der Waals surface area contributed by atoms with Crippen LogP contribution in [-0.4, -0.2) is 35.5 Å². The molecule has 1 fully saturated rings. The highest BCUT2D eigenvalue weighted by Crippen LogP contribution is 2.26. The molecule has 1 amide bonds. The fraction of sp³-hybridized carbons (Fsp3) is 0.316. The highest BCUT2D eigenvalue weighted by atomic mass is 32.1. The molecule has 4 nitrogen and oxygen atoms in total. The first kappa shape index (κ1) is 18.4. The zero-order chi connectivity index (χ0) is 18.8. The van der Waals surface area contributed by atoms with Crippen LogP contribution in [0.25, 0.3) is 0 Å². The fourth-order valence-electron chi connectivity index (χ4n) is 3.08. The Morgan fingerprint density at radius 3 is 2.54 bits per heavy atom. The van der Waals surface area contributed by atoms with E-state index in [1.807, 2.05) is 0 Å². The average molecular weight is 377 g/mol. The minimum Gasteiger partial charge on any atom is -0.337 e. The van der Waals surface area contributed by atoms with E-state index in [0.717, 1.165) is 29.5 Å². The van der Waals surface area contributed by atoms with Gasteiger partial charge in [-0.3, -0.25) is 14.4 Å². The number of Topliss-reactive ketones (excluding diaryl/α,β-unsaturated/α-hetero) is 2. The zero-order valence-electron chi connectivity index (χ0n) is 14.1. The van der Waals surface area contributed by atoms with Crippen molar-refractivity contribution < 1.29 is 23.2 Å². The van der Waals surface area contributed by atoms with Gasteiger partial charge in [0.15, 0.2) is 11.6 Å². The third kappa shape index (κ3) is 3.72. The highest BCUT2D eigenvalue weighted by molar-refractivity contribution is 7.15. The molecule has 0 unspecified atom stereocenters. The van der Waals surface area contributed by atoms with E-state index in [9.17, 15) is 23.2 Å². The summed E-state index contributed by atoms with van der Waals surface area (Å²) in [5.74, 6) is -2.86. The molecule has 136 valence electrons. The number of halogens is 2. The van der Waals surface area contributed by atoms with E-state index in [0.29, 0.717) is 29.1 Å². The molecule has 1 atom stereocenters. The summed E-state index contributed by atoms with van der Waals surface area (Å²) >= 11 is 1.12. The number of rotatable bonds is 4. The van der Waals surface area contributed by atoms with Gasteiger partial charge in [0.2, 0.25) is 0 Å². The van der Waals surface area contributed by atoms with Gasteiger partial charge in [-0.1, -0.05) is 0 Å². The van der Waals surface area contributed by atoms with Crippen LogP contribution in [0.1, 0.15) is 49.5 Å². The molecular weight excluding hydrogens is 360 g/mol. The standard InChI is InChI=1S/C19H17F2NO3S/c1-11(23)16-6-7-17(26-16)19(25)22-8-2-3-12(10-22)18(24)14-9-13(20)4-5-15(14)21/h4-7,9,12H,2-3,8,10H2,1H3/t12-/m1/s1. The molecule has 26 heavy (non-hydrogen) atoms. The van der Waals surface area contributed by atoms with Crippen LogP contribution < -0.4 is 0 Å². The summed E-state index contributed by atoms with van der Waals surface area (Å²) in [4.78, 5) is 39.1. The highest BCUT2D eigenvalue weighted by Gasteiger charge is 2.31. The van der Waals surface area contributed by atoms with Crippen molar-refractivity contribution in [3.8, 4) is 0 Å². The predicted molar refractivity (Wildman–Crippen MR) is 93.6 cm³/mol. The number of nitrogens with zero attached hydrogens (tertiary/aromatic N) is 1. The molecule has 7 heteroatoms. The Bertz CT molecular complexity index is 877. The number of thiophene rings is 1. The van der Waals surface area contributed by atoms with Crippen molar-refractivity contribution in [2.75, 3.05) is 13.1 Å². The van der Waals surface area contributed by atoms with Crippen molar-refractivity contribution in [2.45, 2.75) is 19.8 Å². The molecule has 1 aliphatic rings. The van der Waals surface area contributed by atoms with Crippen molar-refractivity contribution in [2.24, 2.45) is 5.92 Å². The lowest BCUT2D eigenvalue weighted by molar-refractivity contribution is 0.0639. The summed E-state index contributed by atoms with van der Waals surface area (Å²) in [6, 6.07) is 6.00. The van der Waals surface area contributed by atoms with Gasteiger partial charge < -0.3 is 4.90 Å². The third-order valence-corrected chi connectivity index (χ3v) is 5.61. The van der Waals surface area contributed by atoms with Crippen LogP contribution in [0.15, 0.2) is 30.3 Å². The summed E-state index contributed by atoms with van der Waals surface area (Å²) < 4.78 is 27.2. The molecule has 0 spiro atoms. The first-order valence-corrected chi connectivity index (χ1v) is 9.08. The Labute approximate surface area is 153 Å². The third-order valence-electron chi connectivity index (χ3n) is 4.44. The largest absolute Gasteiger partial charge is 0.337 e. The quantitative estimate of drug-likeness (QED) is 0.758. The molecule has 0 bridgehead atoms. The van der Waals surface area contributed by atoms with E-state index < -0.39 is 23.3 Å². The van der Waals surface area contributed by atoms with Crippen LogP contribution in [0.3, 0.4) is 0 Å². The molecule has 2 aromatic rings. The lowest BCUT2D eigenvalue weighted by Gasteiger charge is -2.31. The minimum atomic E-state index is -0.760. The van der Waals surface area contributed by atoms with E-state index in [1.54, 1.807) is 17.0 Å². The summed E-state index contributed by atoms with van der Waals surface area (Å²) in [5.41, 5.74) is -0.278. The smallest absolute Gasteiger partial charge is 0.263 e. The molecule has 0 radical (unpaired) electrons. The molecule has 1 aliphatic heterocycles. The number of ketones is 2. The van der Waals surface area contributed by atoms with Crippen LogP contribution in [0.2, 0.25) is 0 Å². The number of amides is 1. The number of piperidine rings is 1. The molecule has 0 aliphatic carbocycles. The molecule has 0 N–H and O–H groups in total. The minimum absolute atomic E-state index is 0.109. The molecule has 1 aromatic carbocycles. The van der Waals surface area contributed by atoms with Crippen LogP contribution in [0.4, 0.5) is 8.78 Å². The second-order valence-electron chi connectivity index (χ2n) is 6.30. The Morgan fingerprint density at radius 2 is 1.85 bits per heavy atom. The van der Waals surface area contributed by atoms with Gasteiger partial charge in [-0.25, -0.2) is 8.78 Å². The average Bonchev–Trinajstić information content (AvgIpc) is 3.13. The molecular formula is C19H17F2NO3S. The van der Waals surface area contributed by atoms with Gasteiger partial charge in [0.05, 0.1) is 15.3 Å². The topological polar surface area (TPSA) is 54.5 Å². The molecule has 1 saturated heterocycles. The summed E-state index contributed by atoms with van der Waals surface area (Å²) in [5, 5.41) is 0. The number of benzene rings is 1. The van der Waals surface area contributed by atoms with Crippen LogP contribution in [-0.2, 0) is 0 Å². The number of hydrogen-bond donors (Lipinski definition) is 0. The zero-order valence-corrected chi connectivity index (χ0v) is 14.9. The van der Waals surface area contributed by atoms with Crippen molar-refractivity contribution >= 4 is 28.8 Å². The first-order chi connectivity index (χ1) is 12.4. The van der Waals surface area contributed by atoms with Gasteiger partial charge in [0, 0.05) is 19.0 Å². The van der Waals surface area contributed by atoms with Gasteiger partial charge in [0.1, 0.15) is 11.6 Å². The van der Waals surface area contributed by atoms with Crippen molar-refractivity contribution in [3.05, 3.63) is 57.3 Å². The van der Waals surface area contributed by atoms with E-state index >= 15 is 0 Å². The van der Waals surface area contributed by atoms with Gasteiger partial charge >= 0.3 is 0 Å². The van der Waals surface area contributed by atoms with Gasteiger partial charge in [-0.2, -0.15) is 0 Å². The Kier molecular flexibility index (Phi) is 5.27. The Hall–Kier alpha value is -2.41. The molecule has 0 saturated carbocycles. The maximum Gasteiger partial charge on any atom is 0.263 e. The van der Waals surface area contributed by atoms with Gasteiger partial charge in [0.25, 0.3) is 5.91 Å². The second kappa shape index (κ2) is 7.45. The summed E-state index contributed by atoms with van der Waals surface area (Å²) in [6.45, 7) is 2.08. The van der Waals surface area contributed by atoms with Gasteiger partial charge in [-0.05, 0) is 50.1 Å². The Balaban J connectivity index is 1.76. The molecule has 1 aromatic heterocycles. The SMILES string of the molecule is CC(=O)c1ccc(C(=O)N2CCC[C@@H](C(=O)c3cc(F)ccc3F)C2)s1. The van der Waals surface area contributed by atoms with Crippen LogP contribution in [0, 0.1) is 17.6 Å². The van der Waals surface area contributed by atoms with Crippen molar-refractivity contribution in [1.29, 1.82) is 0 Å². The summed E-state index contributed by atoms with van der Waals surface area (Å²) in [7, 11) is 0. The number of likely N-dealkylation sites (tertiary alicyclic amines) is 1. The number of carbonyl (C=O) groups is 3. The second-order valence-corrected chi connectivity index (χ2v) is 7.38. The lowest BCUT2D eigenvalue weighted by Crippen LogP contribution is -2.42. The normalized spacial score (nSPS) is 17.2. The maximum absolute atomic E-state index is 13.9. The Morgan fingerprint density at radius 1 is 1.12 bits per heavy atom. The predicted octanol–water partition coefficient (Wildman–Crippen LogP) is 3.96. The summed E-state index contributed by atoms with van der Waals surface area (Å²) in [6.07, 6.45) is 1.12. The number of hydrogen-bond acceptors (Lipinski definition) is 4. The van der Waals surface area contributed by atoms with Crippen molar-refractivity contribution in [3.63, 3.8) is 0 Å². The van der Waals surface area contributed by atoms with Crippen molar-refractivity contribution in [1.82, 2.24) is 4.90 Å². The van der Waals surface area contributed by atoms with E-state index in [4.69, 9.17) is 0 Å². The van der Waals surface area contributed by atoms with Crippen LogP contribution >= 0.6 is 11.3 Å². The van der Waals surface area contributed by atoms with Gasteiger partial charge in [-0.15, -0.1) is 11.3 Å². The fourth-order valence-corrected chi connectivity index (χ4v) is 3.95. The molecule has 2 heterocycles. The van der Waals surface area contributed by atoms with Crippen LogP contribution in [0.5, 0.6) is 0 Å². The molecule has 3 rings (SSSR count). The lowest BCUT2D eigenvalue weighted by atomic mass is 9.89. The maximum atomic E-state index is 13.9. The van der Waals surface area contributed by atoms with E-state index in [1.165, 1.54) is 6.92 Å². The number of carbonyl (C=O) groups excluding carboxylic acids is 3. The van der Waals surface area contributed by atoms with E-state index in [2.05, 4.69) is 0 Å². The first-order valence-electron chi connectivity index (χ1n) is 8.26. The monoisotopic (exact) mass is 377 g/mol. The van der Waals surface area contributed by atoms with E-state index in [-0.39, 0.29) is 23.8 Å².